The first kappa shape index (κ1) is 19.3. The summed E-state index contributed by atoms with van der Waals surface area (Å²) < 4.78 is 23.1. The Hall–Kier alpha value is -2.48. The molecule has 3 aromatic rings. The van der Waals surface area contributed by atoms with Crippen LogP contribution in [0, 0.1) is 0 Å². The molecule has 1 aromatic heterocycles. The van der Waals surface area contributed by atoms with Crippen LogP contribution >= 0.6 is 11.3 Å². The standard InChI is InChI=1S/C20H20N2O3S2/c1-2-17(15-9-4-3-5-10-15)21-20(23)16-11-6-7-12-18(16)22(27(24)25)19-13-8-14-26-19/h3-14,17H,2H2,1H3,(H,21,23)(H,24,25). The largest absolute Gasteiger partial charge is 0.345 e. The van der Waals surface area contributed by atoms with E-state index in [9.17, 15) is 13.6 Å². The van der Waals surface area contributed by atoms with Gasteiger partial charge in [-0.1, -0.05) is 49.4 Å². The van der Waals surface area contributed by atoms with Crippen LogP contribution in [0.5, 0.6) is 0 Å². The van der Waals surface area contributed by atoms with Gasteiger partial charge in [0.1, 0.15) is 5.00 Å². The second-order valence-electron chi connectivity index (χ2n) is 5.84. The van der Waals surface area contributed by atoms with Crippen LogP contribution in [0.25, 0.3) is 0 Å². The zero-order valence-electron chi connectivity index (χ0n) is 14.7. The maximum Gasteiger partial charge on any atom is 0.267 e. The van der Waals surface area contributed by atoms with Crippen LogP contribution in [0.15, 0.2) is 72.1 Å². The number of amides is 1. The second kappa shape index (κ2) is 8.94. The van der Waals surface area contributed by atoms with E-state index in [0.717, 1.165) is 12.0 Å². The van der Waals surface area contributed by atoms with Gasteiger partial charge >= 0.3 is 0 Å². The lowest BCUT2D eigenvalue weighted by Crippen LogP contribution is -2.30. The molecule has 2 unspecified atom stereocenters. The Balaban J connectivity index is 1.93. The summed E-state index contributed by atoms with van der Waals surface area (Å²) in [7, 11) is 0. The van der Waals surface area contributed by atoms with E-state index in [1.54, 1.807) is 36.4 Å². The fourth-order valence-electron chi connectivity index (χ4n) is 2.85. The molecule has 27 heavy (non-hydrogen) atoms. The third-order valence-electron chi connectivity index (χ3n) is 4.15. The summed E-state index contributed by atoms with van der Waals surface area (Å²) in [5.41, 5.74) is 1.76. The molecule has 2 N–H and O–H groups in total. The van der Waals surface area contributed by atoms with Crippen molar-refractivity contribution in [3.05, 3.63) is 83.2 Å². The minimum absolute atomic E-state index is 0.137. The fourth-order valence-corrected chi connectivity index (χ4v) is 4.36. The average molecular weight is 401 g/mol. The molecule has 0 radical (unpaired) electrons. The number of para-hydroxylation sites is 1. The SMILES string of the molecule is CCC(NC(=O)c1ccccc1N(c1cccs1)S(=O)O)c1ccccc1. The van der Waals surface area contributed by atoms with Crippen LogP contribution in [0.3, 0.4) is 0 Å². The number of carbonyl (C=O) groups excluding carboxylic acids is 1. The summed E-state index contributed by atoms with van der Waals surface area (Å²) >= 11 is -0.966. The molecule has 0 aliphatic carbocycles. The highest BCUT2D eigenvalue weighted by atomic mass is 32.2. The van der Waals surface area contributed by atoms with Gasteiger partial charge in [0.15, 0.2) is 0 Å². The Labute approximate surface area is 165 Å². The van der Waals surface area contributed by atoms with Crippen LogP contribution in [0.2, 0.25) is 0 Å². The number of anilines is 2. The van der Waals surface area contributed by atoms with Gasteiger partial charge < -0.3 is 5.32 Å². The molecule has 0 saturated heterocycles. The molecule has 0 aliphatic heterocycles. The van der Waals surface area contributed by atoms with Crippen molar-refractivity contribution in [3.63, 3.8) is 0 Å². The molecule has 2 atom stereocenters. The smallest absolute Gasteiger partial charge is 0.267 e. The Bertz CT molecular complexity index is 914. The summed E-state index contributed by atoms with van der Waals surface area (Å²) in [5.74, 6) is -0.284. The van der Waals surface area contributed by atoms with E-state index in [0.29, 0.717) is 16.3 Å². The molecule has 0 bridgehead atoms. The van der Waals surface area contributed by atoms with E-state index in [-0.39, 0.29) is 11.9 Å². The lowest BCUT2D eigenvalue weighted by molar-refractivity contribution is 0.0936. The van der Waals surface area contributed by atoms with Gasteiger partial charge in [0.25, 0.3) is 17.2 Å². The molecule has 2 aromatic carbocycles. The van der Waals surface area contributed by atoms with Crippen LogP contribution in [-0.4, -0.2) is 14.7 Å². The van der Waals surface area contributed by atoms with Gasteiger partial charge in [-0.15, -0.1) is 11.3 Å². The van der Waals surface area contributed by atoms with Gasteiger partial charge in [0.2, 0.25) is 0 Å². The molecule has 140 valence electrons. The zero-order chi connectivity index (χ0) is 19.2. The Morgan fingerprint density at radius 2 is 1.81 bits per heavy atom. The number of carbonyl (C=O) groups is 1. The van der Waals surface area contributed by atoms with Crippen LogP contribution in [-0.2, 0) is 11.3 Å². The number of hydrogen-bond acceptors (Lipinski definition) is 3. The molecule has 0 aliphatic rings. The highest BCUT2D eigenvalue weighted by molar-refractivity contribution is 7.81. The third-order valence-corrected chi connectivity index (χ3v) is 5.82. The van der Waals surface area contributed by atoms with Crippen LogP contribution < -0.4 is 9.62 Å². The molecule has 0 fully saturated rings. The summed E-state index contributed by atoms with van der Waals surface area (Å²) in [5, 5.41) is 5.44. The van der Waals surface area contributed by atoms with Gasteiger partial charge in [-0.3, -0.25) is 9.35 Å². The van der Waals surface area contributed by atoms with Gasteiger partial charge in [0, 0.05) is 0 Å². The summed E-state index contributed by atoms with van der Waals surface area (Å²) in [6, 6.07) is 20.0. The molecular weight excluding hydrogens is 380 g/mol. The number of hydrogen-bond donors (Lipinski definition) is 2. The highest BCUT2D eigenvalue weighted by Crippen LogP contribution is 2.33. The van der Waals surface area contributed by atoms with Crippen molar-refractivity contribution in [2.75, 3.05) is 4.31 Å². The molecule has 3 rings (SSSR count). The minimum Gasteiger partial charge on any atom is -0.345 e. The van der Waals surface area contributed by atoms with Crippen LogP contribution in [0.1, 0.15) is 35.3 Å². The zero-order valence-corrected chi connectivity index (χ0v) is 16.4. The molecule has 7 heteroatoms. The summed E-state index contributed by atoms with van der Waals surface area (Å²) in [6.07, 6.45) is 0.735. The quantitative estimate of drug-likeness (QED) is 0.554. The van der Waals surface area contributed by atoms with Crippen molar-refractivity contribution in [1.82, 2.24) is 5.32 Å². The van der Waals surface area contributed by atoms with Crippen LogP contribution in [0.4, 0.5) is 10.7 Å². The molecule has 0 spiro atoms. The number of rotatable bonds is 7. The van der Waals surface area contributed by atoms with Gasteiger partial charge in [-0.05, 0) is 41.6 Å². The van der Waals surface area contributed by atoms with Crippen molar-refractivity contribution in [3.8, 4) is 0 Å². The topological polar surface area (TPSA) is 69.6 Å². The predicted octanol–water partition coefficient (Wildman–Crippen LogP) is 4.90. The number of thiophene rings is 1. The highest BCUT2D eigenvalue weighted by Gasteiger charge is 2.23. The number of benzene rings is 2. The van der Waals surface area contributed by atoms with E-state index in [1.165, 1.54) is 15.6 Å². The maximum atomic E-state index is 13.0. The van der Waals surface area contributed by atoms with Crippen molar-refractivity contribution in [1.29, 1.82) is 0 Å². The van der Waals surface area contributed by atoms with Crippen molar-refractivity contribution in [2.45, 2.75) is 19.4 Å². The van der Waals surface area contributed by atoms with Gasteiger partial charge in [0.05, 0.1) is 17.3 Å². The summed E-state index contributed by atoms with van der Waals surface area (Å²) in [6.45, 7) is 2.00. The van der Waals surface area contributed by atoms with E-state index in [2.05, 4.69) is 5.32 Å². The number of nitrogens with zero attached hydrogens (tertiary/aromatic N) is 1. The second-order valence-corrected chi connectivity index (χ2v) is 7.59. The first-order valence-corrected chi connectivity index (χ1v) is 10.5. The van der Waals surface area contributed by atoms with Crippen molar-refractivity contribution < 1.29 is 13.6 Å². The van der Waals surface area contributed by atoms with E-state index in [1.807, 2.05) is 42.6 Å². The minimum atomic E-state index is -2.30. The normalized spacial score (nSPS) is 13.0. The van der Waals surface area contributed by atoms with Gasteiger partial charge in [-0.2, -0.15) is 0 Å². The van der Waals surface area contributed by atoms with Crippen molar-refractivity contribution in [2.24, 2.45) is 0 Å². The molecule has 0 saturated carbocycles. The molecule has 5 nitrogen and oxygen atoms in total. The Morgan fingerprint density at radius 3 is 2.44 bits per heavy atom. The van der Waals surface area contributed by atoms with E-state index >= 15 is 0 Å². The van der Waals surface area contributed by atoms with E-state index < -0.39 is 11.3 Å². The third kappa shape index (κ3) is 4.44. The first-order valence-electron chi connectivity index (χ1n) is 8.51. The van der Waals surface area contributed by atoms with E-state index in [4.69, 9.17) is 0 Å². The first-order chi connectivity index (χ1) is 13.1. The molecular formula is C20H20N2O3S2. The maximum absolute atomic E-state index is 13.0. The summed E-state index contributed by atoms with van der Waals surface area (Å²) in [4.78, 5) is 13.0. The monoisotopic (exact) mass is 400 g/mol. The lowest BCUT2D eigenvalue weighted by atomic mass is 10.0. The number of nitrogens with one attached hydrogen (secondary N) is 1. The molecule has 1 amide bonds. The molecule has 1 heterocycles. The van der Waals surface area contributed by atoms with Crippen molar-refractivity contribution >= 4 is 39.2 Å². The predicted molar refractivity (Wildman–Crippen MR) is 111 cm³/mol. The average Bonchev–Trinajstić information content (AvgIpc) is 3.21. The Morgan fingerprint density at radius 1 is 1.11 bits per heavy atom. The lowest BCUT2D eigenvalue weighted by Gasteiger charge is -2.23. The van der Waals surface area contributed by atoms with Gasteiger partial charge in [-0.25, -0.2) is 8.51 Å². The Kier molecular flexibility index (Phi) is 6.39. The fraction of sp³-hybridized carbons (Fsp3) is 0.150.